The molecule has 2 rings (SSSR count). The van der Waals surface area contributed by atoms with Gasteiger partial charge in [-0.2, -0.15) is 0 Å². The van der Waals surface area contributed by atoms with E-state index in [2.05, 4.69) is 28.1 Å². The van der Waals surface area contributed by atoms with Crippen LogP contribution < -0.4 is 4.74 Å². The summed E-state index contributed by atoms with van der Waals surface area (Å²) in [6.07, 6.45) is 0.884. The largest absolute Gasteiger partial charge is 0.493 e. The maximum Gasteiger partial charge on any atom is 0.119 e. The van der Waals surface area contributed by atoms with Gasteiger partial charge in [0, 0.05) is 10.9 Å². The van der Waals surface area contributed by atoms with E-state index in [0.717, 1.165) is 22.2 Å². The Morgan fingerprint density at radius 2 is 1.50 bits per heavy atom. The van der Waals surface area contributed by atoms with Crippen LogP contribution in [0.15, 0.2) is 53.0 Å². The van der Waals surface area contributed by atoms with Gasteiger partial charge in [0.15, 0.2) is 0 Å². The monoisotopic (exact) mass is 306 g/mol. The minimum absolute atomic E-state index is 0.0686. The summed E-state index contributed by atoms with van der Waals surface area (Å²) in [6.45, 7) is 0.722. The van der Waals surface area contributed by atoms with E-state index in [1.807, 2.05) is 36.4 Å². The Balaban J connectivity index is 1.82. The van der Waals surface area contributed by atoms with Gasteiger partial charge in [-0.1, -0.05) is 40.2 Å². The van der Waals surface area contributed by atoms with Crippen molar-refractivity contribution in [2.75, 3.05) is 6.61 Å². The van der Waals surface area contributed by atoms with Crippen LogP contribution in [0.1, 0.15) is 11.1 Å². The summed E-state index contributed by atoms with van der Waals surface area (Å²) < 4.78 is 6.74. The fourth-order valence-corrected chi connectivity index (χ4v) is 1.89. The van der Waals surface area contributed by atoms with Gasteiger partial charge in [0.2, 0.25) is 0 Å². The van der Waals surface area contributed by atoms with Crippen molar-refractivity contribution >= 4 is 15.9 Å². The van der Waals surface area contributed by atoms with E-state index in [1.165, 1.54) is 5.56 Å². The van der Waals surface area contributed by atoms with Crippen LogP contribution in [0.4, 0.5) is 0 Å². The second-order valence-electron chi connectivity index (χ2n) is 4.03. The second-order valence-corrected chi connectivity index (χ2v) is 4.94. The Morgan fingerprint density at radius 3 is 2.11 bits per heavy atom. The number of aliphatic hydroxyl groups is 1. The minimum atomic E-state index is 0.0686. The first-order valence-electron chi connectivity index (χ1n) is 5.85. The van der Waals surface area contributed by atoms with E-state index in [9.17, 15) is 0 Å². The van der Waals surface area contributed by atoms with Crippen molar-refractivity contribution in [2.24, 2.45) is 0 Å². The lowest BCUT2D eigenvalue weighted by Crippen LogP contribution is -2.01. The van der Waals surface area contributed by atoms with Crippen molar-refractivity contribution in [3.63, 3.8) is 0 Å². The summed E-state index contributed by atoms with van der Waals surface area (Å²) in [5.41, 5.74) is 2.15. The van der Waals surface area contributed by atoms with E-state index in [4.69, 9.17) is 9.84 Å². The molecule has 0 spiro atoms. The fourth-order valence-electron chi connectivity index (χ4n) is 1.63. The van der Waals surface area contributed by atoms with Gasteiger partial charge in [-0.3, -0.25) is 0 Å². The second kappa shape index (κ2) is 6.57. The maximum absolute atomic E-state index is 8.93. The van der Waals surface area contributed by atoms with Crippen molar-refractivity contribution in [1.29, 1.82) is 0 Å². The zero-order valence-electron chi connectivity index (χ0n) is 9.97. The van der Waals surface area contributed by atoms with Crippen LogP contribution in [0.2, 0.25) is 0 Å². The van der Waals surface area contributed by atoms with E-state index in [0.29, 0.717) is 6.61 Å². The normalized spacial score (nSPS) is 10.3. The molecule has 18 heavy (non-hydrogen) atoms. The van der Waals surface area contributed by atoms with E-state index < -0.39 is 0 Å². The maximum atomic E-state index is 8.93. The van der Waals surface area contributed by atoms with Crippen LogP contribution >= 0.6 is 15.9 Å². The summed E-state index contributed by atoms with van der Waals surface area (Å²) in [5, 5.41) is 8.93. The smallest absolute Gasteiger partial charge is 0.119 e. The lowest BCUT2D eigenvalue weighted by molar-refractivity contribution is 0.281. The van der Waals surface area contributed by atoms with Gasteiger partial charge in [0.25, 0.3) is 0 Å². The summed E-state index contributed by atoms with van der Waals surface area (Å²) >= 11 is 3.41. The van der Waals surface area contributed by atoms with Gasteiger partial charge in [0.05, 0.1) is 13.2 Å². The molecule has 0 aliphatic carbocycles. The van der Waals surface area contributed by atoms with Gasteiger partial charge in [-0.05, 0) is 35.4 Å². The molecule has 0 atom stereocenters. The number of benzene rings is 2. The number of aliphatic hydroxyl groups excluding tert-OH is 1. The van der Waals surface area contributed by atoms with Crippen molar-refractivity contribution in [1.82, 2.24) is 0 Å². The van der Waals surface area contributed by atoms with Crippen molar-refractivity contribution in [3.05, 3.63) is 64.1 Å². The molecule has 0 saturated carbocycles. The molecule has 0 saturated heterocycles. The van der Waals surface area contributed by atoms with Gasteiger partial charge >= 0.3 is 0 Å². The Hall–Kier alpha value is -1.32. The van der Waals surface area contributed by atoms with Crippen LogP contribution in [0.5, 0.6) is 5.75 Å². The van der Waals surface area contributed by atoms with Crippen LogP contribution in [-0.2, 0) is 13.0 Å². The highest BCUT2D eigenvalue weighted by Gasteiger charge is 1.96. The molecule has 0 fully saturated rings. The van der Waals surface area contributed by atoms with Crippen LogP contribution in [-0.4, -0.2) is 11.7 Å². The number of hydrogen-bond donors (Lipinski definition) is 1. The highest BCUT2D eigenvalue weighted by molar-refractivity contribution is 9.10. The number of halogens is 1. The highest BCUT2D eigenvalue weighted by atomic mass is 79.9. The predicted molar refractivity (Wildman–Crippen MR) is 75.7 cm³/mol. The standard InChI is InChI=1S/C15H15BrO2/c16-14-5-1-12(2-6-14)9-10-18-15-7-3-13(11-17)4-8-15/h1-8,17H,9-11H2. The molecule has 3 heteroatoms. The van der Waals surface area contributed by atoms with Gasteiger partial charge in [0.1, 0.15) is 5.75 Å². The van der Waals surface area contributed by atoms with Gasteiger partial charge in [-0.25, -0.2) is 0 Å². The molecule has 0 bridgehead atoms. The fraction of sp³-hybridized carbons (Fsp3) is 0.200. The third-order valence-corrected chi connectivity index (χ3v) is 3.21. The molecule has 1 N–H and O–H groups in total. The zero-order valence-corrected chi connectivity index (χ0v) is 11.6. The van der Waals surface area contributed by atoms with Crippen molar-refractivity contribution < 1.29 is 9.84 Å². The molecule has 0 aliphatic heterocycles. The average Bonchev–Trinajstić information content (AvgIpc) is 2.42. The van der Waals surface area contributed by atoms with E-state index in [1.54, 1.807) is 0 Å². The first-order chi connectivity index (χ1) is 8.78. The summed E-state index contributed by atoms with van der Waals surface area (Å²) in [7, 11) is 0. The van der Waals surface area contributed by atoms with Gasteiger partial charge < -0.3 is 9.84 Å². The van der Waals surface area contributed by atoms with Crippen molar-refractivity contribution in [2.45, 2.75) is 13.0 Å². The van der Waals surface area contributed by atoms with Crippen LogP contribution in [0.25, 0.3) is 0 Å². The molecule has 0 unspecified atom stereocenters. The third kappa shape index (κ3) is 3.86. The summed E-state index contributed by atoms with van der Waals surface area (Å²) in [6, 6.07) is 15.7. The third-order valence-electron chi connectivity index (χ3n) is 2.68. The summed E-state index contributed by atoms with van der Waals surface area (Å²) in [5.74, 6) is 0.837. The Bertz CT molecular complexity index is 477. The van der Waals surface area contributed by atoms with Crippen LogP contribution in [0, 0.1) is 0 Å². The number of rotatable bonds is 5. The van der Waals surface area contributed by atoms with Gasteiger partial charge in [-0.15, -0.1) is 0 Å². The van der Waals surface area contributed by atoms with Crippen LogP contribution in [0.3, 0.4) is 0 Å². The lowest BCUT2D eigenvalue weighted by Gasteiger charge is -2.07. The topological polar surface area (TPSA) is 29.5 Å². The average molecular weight is 307 g/mol. The summed E-state index contributed by atoms with van der Waals surface area (Å²) in [4.78, 5) is 0. The molecule has 2 aromatic carbocycles. The molecular formula is C15H15BrO2. The molecule has 94 valence electrons. The zero-order chi connectivity index (χ0) is 12.8. The Kier molecular flexibility index (Phi) is 4.79. The highest BCUT2D eigenvalue weighted by Crippen LogP contribution is 2.14. The molecular weight excluding hydrogens is 292 g/mol. The predicted octanol–water partition coefficient (Wildman–Crippen LogP) is 3.56. The quantitative estimate of drug-likeness (QED) is 0.915. The molecule has 0 aliphatic rings. The molecule has 0 heterocycles. The lowest BCUT2D eigenvalue weighted by atomic mass is 10.2. The first kappa shape index (κ1) is 13.1. The molecule has 0 radical (unpaired) electrons. The Morgan fingerprint density at radius 1 is 0.889 bits per heavy atom. The van der Waals surface area contributed by atoms with E-state index >= 15 is 0 Å². The number of ether oxygens (including phenoxy) is 1. The van der Waals surface area contributed by atoms with Crippen molar-refractivity contribution in [3.8, 4) is 5.75 Å². The van der Waals surface area contributed by atoms with E-state index in [-0.39, 0.29) is 6.61 Å². The first-order valence-corrected chi connectivity index (χ1v) is 6.64. The Labute approximate surface area is 115 Å². The molecule has 2 aromatic rings. The molecule has 0 amide bonds. The molecule has 2 nitrogen and oxygen atoms in total. The minimum Gasteiger partial charge on any atom is -0.493 e. The SMILES string of the molecule is OCc1ccc(OCCc2ccc(Br)cc2)cc1. The molecule has 0 aromatic heterocycles. The number of hydrogen-bond acceptors (Lipinski definition) is 2.